The van der Waals surface area contributed by atoms with Gasteiger partial charge in [-0.15, -0.1) is 0 Å². The monoisotopic (exact) mass is 482 g/mol. The fraction of sp³-hybridized carbons (Fsp3) is 0.269. The van der Waals surface area contributed by atoms with Crippen molar-refractivity contribution in [2.24, 2.45) is 5.41 Å². The zero-order valence-electron chi connectivity index (χ0n) is 19.0. The van der Waals surface area contributed by atoms with Gasteiger partial charge in [0.2, 0.25) is 0 Å². The Hall–Kier alpha value is -3.42. The van der Waals surface area contributed by atoms with Crippen LogP contribution in [-0.2, 0) is 22.6 Å². The molecule has 1 aliphatic rings. The van der Waals surface area contributed by atoms with E-state index >= 15 is 0 Å². The third kappa shape index (κ3) is 6.56. The summed E-state index contributed by atoms with van der Waals surface area (Å²) < 4.78 is 0. The molecule has 1 heterocycles. The maximum absolute atomic E-state index is 10.9. The lowest BCUT2D eigenvalue weighted by Crippen LogP contribution is -2.27. The van der Waals surface area contributed by atoms with Crippen LogP contribution >= 0.6 is 11.6 Å². The number of aromatic nitrogens is 1. The number of nitrogens with one attached hydrogen (secondary N) is 1. The van der Waals surface area contributed by atoms with Crippen molar-refractivity contribution in [1.82, 2.24) is 4.98 Å². The van der Waals surface area contributed by atoms with Gasteiger partial charge in [0.25, 0.3) is 0 Å². The number of hydrogen-bond acceptors (Lipinski definition) is 5. The first-order chi connectivity index (χ1) is 16.1. The van der Waals surface area contributed by atoms with Gasteiger partial charge in [0.15, 0.2) is 0 Å². The van der Waals surface area contributed by atoms with Crippen molar-refractivity contribution in [1.29, 1.82) is 0 Å². The van der Waals surface area contributed by atoms with Crippen molar-refractivity contribution < 1.29 is 24.9 Å². The molecule has 0 amide bonds. The quantitative estimate of drug-likeness (QED) is 0.368. The first-order valence-corrected chi connectivity index (χ1v) is 11.2. The minimum Gasteiger partial charge on any atom is -0.478 e. The number of benzene rings is 2. The molecule has 178 valence electrons. The van der Waals surface area contributed by atoms with Crippen LogP contribution < -0.4 is 5.32 Å². The molecule has 0 spiro atoms. The number of anilines is 1. The van der Waals surface area contributed by atoms with E-state index in [1.807, 2.05) is 42.5 Å². The molecule has 34 heavy (non-hydrogen) atoms. The maximum atomic E-state index is 10.9. The van der Waals surface area contributed by atoms with Crippen LogP contribution in [0.1, 0.15) is 43.2 Å². The first kappa shape index (κ1) is 25.2. The lowest BCUT2D eigenvalue weighted by atomic mass is 9.74. The van der Waals surface area contributed by atoms with Gasteiger partial charge in [-0.2, -0.15) is 0 Å². The zero-order chi connectivity index (χ0) is 24.9. The number of para-hydroxylation sites is 1. The summed E-state index contributed by atoms with van der Waals surface area (Å²) in [7, 11) is 0. The van der Waals surface area contributed by atoms with Crippen molar-refractivity contribution in [3.63, 3.8) is 0 Å². The van der Waals surface area contributed by atoms with Gasteiger partial charge < -0.3 is 20.6 Å². The Morgan fingerprint density at radius 1 is 1.09 bits per heavy atom. The molecule has 2 aromatic carbocycles. The molecule has 0 radical (unpaired) electrons. The highest BCUT2D eigenvalue weighted by Gasteiger charge is 2.34. The Bertz CT molecular complexity index is 1210. The van der Waals surface area contributed by atoms with Gasteiger partial charge in [0.05, 0.1) is 17.3 Å². The average molecular weight is 483 g/mol. The lowest BCUT2D eigenvalue weighted by Gasteiger charge is -2.35. The fourth-order valence-corrected chi connectivity index (χ4v) is 4.17. The highest BCUT2D eigenvalue weighted by atomic mass is 35.5. The topological polar surface area (TPSA) is 120 Å². The number of aliphatic hydroxyl groups is 1. The molecule has 0 fully saturated rings. The Morgan fingerprint density at radius 3 is 2.32 bits per heavy atom. The molecule has 0 saturated heterocycles. The summed E-state index contributed by atoms with van der Waals surface area (Å²) in [4.78, 5) is 24.0. The molecule has 8 heteroatoms. The predicted octanol–water partition coefficient (Wildman–Crippen LogP) is 5.22. The minimum atomic E-state index is -1.26. The number of carboxylic acid groups (broad SMARTS) is 2. The maximum Gasteiger partial charge on any atom is 0.328 e. The number of fused-ring (bicyclic) bond motifs is 2. The van der Waals surface area contributed by atoms with E-state index < -0.39 is 18.0 Å². The van der Waals surface area contributed by atoms with E-state index in [1.54, 1.807) is 0 Å². The number of aliphatic hydroxyl groups excluding tert-OH is 1. The second-order valence-corrected chi connectivity index (χ2v) is 9.35. The molecule has 0 bridgehead atoms. The van der Waals surface area contributed by atoms with Crippen LogP contribution in [-0.4, -0.2) is 32.2 Å². The van der Waals surface area contributed by atoms with Crippen molar-refractivity contribution in [3.05, 3.63) is 82.5 Å². The van der Waals surface area contributed by atoms with Crippen LogP contribution in [0.5, 0.6) is 0 Å². The van der Waals surface area contributed by atoms with Gasteiger partial charge in [-0.1, -0.05) is 55.8 Å². The average Bonchev–Trinajstić information content (AvgIpc) is 2.76. The van der Waals surface area contributed by atoms with Gasteiger partial charge in [0.1, 0.15) is 0 Å². The molecule has 7 nitrogen and oxygen atoms in total. The number of pyridine rings is 1. The first-order valence-electron chi connectivity index (χ1n) is 10.8. The summed E-state index contributed by atoms with van der Waals surface area (Å²) in [5, 5.41) is 31.9. The van der Waals surface area contributed by atoms with Gasteiger partial charge in [-0.05, 0) is 42.0 Å². The third-order valence-corrected chi connectivity index (χ3v) is 5.74. The molecule has 1 aliphatic carbocycles. The van der Waals surface area contributed by atoms with E-state index in [4.69, 9.17) is 26.8 Å². The molecule has 0 saturated carbocycles. The van der Waals surface area contributed by atoms with Gasteiger partial charge in [0, 0.05) is 40.4 Å². The van der Waals surface area contributed by atoms with Gasteiger partial charge in [-0.25, -0.2) is 9.59 Å². The fourth-order valence-electron chi connectivity index (χ4n) is 4.05. The summed E-state index contributed by atoms with van der Waals surface area (Å²) in [5.74, 6) is -2.51. The summed E-state index contributed by atoms with van der Waals surface area (Å²) in [6.45, 7) is 5.06. The van der Waals surface area contributed by atoms with E-state index in [1.165, 1.54) is 0 Å². The van der Waals surface area contributed by atoms with Crippen LogP contribution in [0.15, 0.2) is 60.7 Å². The van der Waals surface area contributed by atoms with Crippen LogP contribution in [0.4, 0.5) is 5.69 Å². The second kappa shape index (κ2) is 10.7. The van der Waals surface area contributed by atoms with Crippen LogP contribution in [0.25, 0.3) is 10.9 Å². The highest BCUT2D eigenvalue weighted by Crippen LogP contribution is 2.45. The summed E-state index contributed by atoms with van der Waals surface area (Å²) in [6, 6.07) is 16.0. The van der Waals surface area contributed by atoms with E-state index in [-0.39, 0.29) is 5.41 Å². The number of carboxylic acids is 2. The summed E-state index contributed by atoms with van der Waals surface area (Å²) in [5.41, 5.74) is 5.13. The van der Waals surface area contributed by atoms with Crippen molar-refractivity contribution >= 4 is 40.1 Å². The predicted molar refractivity (Wildman–Crippen MR) is 132 cm³/mol. The highest BCUT2D eigenvalue weighted by molar-refractivity contribution is 6.30. The molecule has 1 aromatic heterocycles. The standard InChI is InChI=1S/C22H23ClN2O.C4H4O4/c1-22(2)11-18-20(19(26)12-22)21(16-5-3-4-6-17(16)25-18)24-13-14-7-9-15(23)10-8-14;5-3(6)1-2-4(7)8/h3-10,19,26H,11-13H2,1-2H3,(H,24,25);1-2H,(H,5,6)(H,7,8)/b;2-1+. The van der Waals surface area contributed by atoms with E-state index in [0.29, 0.717) is 18.7 Å². The Kier molecular flexibility index (Phi) is 7.91. The van der Waals surface area contributed by atoms with E-state index in [2.05, 4.69) is 25.2 Å². The Morgan fingerprint density at radius 2 is 1.71 bits per heavy atom. The number of halogens is 1. The number of hydrogen-bond donors (Lipinski definition) is 4. The van der Waals surface area contributed by atoms with Crippen molar-refractivity contribution in [3.8, 4) is 0 Å². The molecule has 3 aromatic rings. The number of carbonyl (C=O) groups is 2. The van der Waals surface area contributed by atoms with Gasteiger partial charge >= 0.3 is 11.9 Å². The summed E-state index contributed by atoms with van der Waals surface area (Å²) >= 11 is 5.99. The molecule has 1 unspecified atom stereocenters. The van der Waals surface area contributed by atoms with Crippen LogP contribution in [0, 0.1) is 5.41 Å². The molecule has 4 N–H and O–H groups in total. The zero-order valence-corrected chi connectivity index (χ0v) is 19.7. The van der Waals surface area contributed by atoms with E-state index in [9.17, 15) is 14.7 Å². The van der Waals surface area contributed by atoms with Crippen LogP contribution in [0.2, 0.25) is 5.02 Å². The minimum absolute atomic E-state index is 0.0509. The molecular weight excluding hydrogens is 456 g/mol. The lowest BCUT2D eigenvalue weighted by molar-refractivity contribution is -0.134. The van der Waals surface area contributed by atoms with Gasteiger partial charge in [-0.3, -0.25) is 4.98 Å². The number of rotatable bonds is 5. The second-order valence-electron chi connectivity index (χ2n) is 8.92. The van der Waals surface area contributed by atoms with Crippen molar-refractivity contribution in [2.75, 3.05) is 5.32 Å². The smallest absolute Gasteiger partial charge is 0.328 e. The molecule has 1 atom stereocenters. The number of nitrogens with zero attached hydrogens (tertiary/aromatic N) is 1. The largest absolute Gasteiger partial charge is 0.478 e. The molecular formula is C26H27ClN2O5. The Labute approximate surface area is 202 Å². The SMILES string of the molecule is CC1(C)Cc2nc3ccccc3c(NCc3ccc(Cl)cc3)c2C(O)C1.O=C(O)/C=C/C(=O)O. The number of aliphatic carboxylic acids is 2. The van der Waals surface area contributed by atoms with E-state index in [0.717, 1.165) is 51.3 Å². The molecule has 0 aliphatic heterocycles. The third-order valence-electron chi connectivity index (χ3n) is 5.49. The Balaban J connectivity index is 0.000000350. The van der Waals surface area contributed by atoms with Crippen molar-refractivity contribution in [2.45, 2.75) is 39.3 Å². The summed E-state index contributed by atoms with van der Waals surface area (Å²) in [6.07, 6.45) is 2.23. The molecule has 4 rings (SSSR count). The van der Waals surface area contributed by atoms with Crippen LogP contribution in [0.3, 0.4) is 0 Å². The normalized spacial score (nSPS) is 16.4.